The van der Waals surface area contributed by atoms with E-state index in [4.69, 9.17) is 16.7 Å². The number of carbonyl (C=O) groups excluding carboxylic acids is 1. The number of rotatable bonds is 4. The van der Waals surface area contributed by atoms with Crippen LogP contribution in [0, 0.1) is 0 Å². The molecule has 1 rings (SSSR count). The fraction of sp³-hybridized carbons (Fsp3) is 0.222. The zero-order valence-electron chi connectivity index (χ0n) is 8.61. The number of primary sulfonamides is 1. The number of hydrogen-bond acceptors (Lipinski definition) is 3. The fourth-order valence-corrected chi connectivity index (χ4v) is 1.93. The molecule has 0 aromatic heterocycles. The van der Waals surface area contributed by atoms with Crippen molar-refractivity contribution in [3.05, 3.63) is 33.3 Å². The summed E-state index contributed by atoms with van der Waals surface area (Å²) in [6.07, 6.45) is 0. The Morgan fingerprint density at radius 2 is 2.12 bits per heavy atom. The van der Waals surface area contributed by atoms with E-state index in [1.165, 1.54) is 0 Å². The maximum atomic E-state index is 11.6. The minimum atomic E-state index is -3.56. The van der Waals surface area contributed by atoms with Crippen LogP contribution in [0.2, 0.25) is 5.02 Å². The topological polar surface area (TPSA) is 89.3 Å². The summed E-state index contributed by atoms with van der Waals surface area (Å²) in [5.41, 5.74) is 0.385. The van der Waals surface area contributed by atoms with E-state index < -0.39 is 10.0 Å². The summed E-state index contributed by atoms with van der Waals surface area (Å²) in [5, 5.41) is 7.73. The zero-order valence-corrected chi connectivity index (χ0v) is 11.8. The minimum absolute atomic E-state index is 0.0298. The van der Waals surface area contributed by atoms with Gasteiger partial charge in [0.2, 0.25) is 10.0 Å². The van der Waals surface area contributed by atoms with E-state index in [0.29, 0.717) is 15.1 Å². The van der Waals surface area contributed by atoms with Crippen LogP contribution >= 0.6 is 27.5 Å². The van der Waals surface area contributed by atoms with E-state index in [2.05, 4.69) is 21.2 Å². The van der Waals surface area contributed by atoms with Crippen molar-refractivity contribution in [2.24, 2.45) is 5.14 Å². The zero-order chi connectivity index (χ0) is 13.1. The third kappa shape index (κ3) is 5.03. The number of sulfonamides is 1. The SMILES string of the molecule is NS(=O)(=O)CCNC(=O)c1ccc(Cl)c(Br)c1. The van der Waals surface area contributed by atoms with Crippen molar-refractivity contribution in [3.63, 3.8) is 0 Å². The van der Waals surface area contributed by atoms with Gasteiger partial charge in [-0.05, 0) is 34.1 Å². The van der Waals surface area contributed by atoms with Crippen LogP contribution in [0.3, 0.4) is 0 Å². The van der Waals surface area contributed by atoms with Gasteiger partial charge in [0, 0.05) is 16.6 Å². The summed E-state index contributed by atoms with van der Waals surface area (Å²) in [7, 11) is -3.56. The van der Waals surface area contributed by atoms with Crippen LogP contribution < -0.4 is 10.5 Å². The molecular weight excluding hydrogens is 332 g/mol. The van der Waals surface area contributed by atoms with Crippen LogP contribution in [0.25, 0.3) is 0 Å². The second-order valence-corrected chi connectivity index (χ2v) is 6.25. The Hall–Kier alpha value is -0.630. The van der Waals surface area contributed by atoms with Gasteiger partial charge in [-0.15, -0.1) is 0 Å². The van der Waals surface area contributed by atoms with E-state index in [9.17, 15) is 13.2 Å². The van der Waals surface area contributed by atoms with Gasteiger partial charge >= 0.3 is 0 Å². The number of carbonyl (C=O) groups is 1. The fourth-order valence-electron chi connectivity index (χ4n) is 1.05. The predicted octanol–water partition coefficient (Wildman–Crippen LogP) is 1.12. The van der Waals surface area contributed by atoms with E-state index in [0.717, 1.165) is 0 Å². The lowest BCUT2D eigenvalue weighted by molar-refractivity contribution is 0.0956. The van der Waals surface area contributed by atoms with Crippen LogP contribution in [0.5, 0.6) is 0 Å². The van der Waals surface area contributed by atoms with Crippen molar-refractivity contribution < 1.29 is 13.2 Å². The van der Waals surface area contributed by atoms with E-state index in [1.54, 1.807) is 18.2 Å². The summed E-state index contributed by atoms with van der Waals surface area (Å²) >= 11 is 8.96. The van der Waals surface area contributed by atoms with Gasteiger partial charge < -0.3 is 5.32 Å². The predicted molar refractivity (Wildman–Crippen MR) is 69.5 cm³/mol. The largest absolute Gasteiger partial charge is 0.351 e. The first-order valence-electron chi connectivity index (χ1n) is 4.53. The van der Waals surface area contributed by atoms with Gasteiger partial charge in [-0.25, -0.2) is 13.6 Å². The molecule has 1 aromatic rings. The molecule has 0 aliphatic heterocycles. The Morgan fingerprint density at radius 3 is 2.65 bits per heavy atom. The molecule has 94 valence electrons. The number of nitrogens with one attached hydrogen (secondary N) is 1. The van der Waals surface area contributed by atoms with Crippen molar-refractivity contribution in [1.82, 2.24) is 5.32 Å². The smallest absolute Gasteiger partial charge is 0.251 e. The number of benzene rings is 1. The Morgan fingerprint density at radius 1 is 1.47 bits per heavy atom. The highest BCUT2D eigenvalue weighted by molar-refractivity contribution is 9.10. The summed E-state index contributed by atoms with van der Waals surface area (Å²) in [6, 6.07) is 4.66. The highest BCUT2D eigenvalue weighted by Crippen LogP contribution is 2.23. The van der Waals surface area contributed by atoms with Gasteiger partial charge in [0.25, 0.3) is 5.91 Å². The average molecular weight is 342 g/mol. The van der Waals surface area contributed by atoms with Crippen LogP contribution in [-0.4, -0.2) is 26.6 Å². The first-order valence-corrected chi connectivity index (χ1v) is 7.42. The molecule has 0 unspecified atom stereocenters. The van der Waals surface area contributed by atoms with Crippen molar-refractivity contribution in [3.8, 4) is 0 Å². The van der Waals surface area contributed by atoms with Crippen LogP contribution in [0.15, 0.2) is 22.7 Å². The summed E-state index contributed by atoms with van der Waals surface area (Å²) in [4.78, 5) is 11.6. The van der Waals surface area contributed by atoms with Gasteiger partial charge in [0.05, 0.1) is 10.8 Å². The summed E-state index contributed by atoms with van der Waals surface area (Å²) in [6.45, 7) is -0.0298. The lowest BCUT2D eigenvalue weighted by Gasteiger charge is -2.05. The van der Waals surface area contributed by atoms with Crippen LogP contribution in [0.4, 0.5) is 0 Å². The molecule has 0 bridgehead atoms. The van der Waals surface area contributed by atoms with Crippen LogP contribution in [0.1, 0.15) is 10.4 Å². The highest BCUT2D eigenvalue weighted by Gasteiger charge is 2.09. The highest BCUT2D eigenvalue weighted by atomic mass is 79.9. The van der Waals surface area contributed by atoms with E-state index >= 15 is 0 Å². The van der Waals surface area contributed by atoms with E-state index in [1.807, 2.05) is 0 Å². The van der Waals surface area contributed by atoms with Crippen molar-refractivity contribution in [2.45, 2.75) is 0 Å². The van der Waals surface area contributed by atoms with Crippen LogP contribution in [-0.2, 0) is 10.0 Å². The molecule has 1 aromatic carbocycles. The molecule has 0 radical (unpaired) electrons. The standard InChI is InChI=1S/C9H10BrClN2O3S/c10-7-5-6(1-2-8(7)11)9(14)13-3-4-17(12,15)16/h1-2,5H,3-4H2,(H,13,14)(H2,12,15,16). The van der Waals surface area contributed by atoms with Crippen molar-refractivity contribution in [1.29, 1.82) is 0 Å². The normalized spacial score (nSPS) is 11.2. The van der Waals surface area contributed by atoms with E-state index in [-0.39, 0.29) is 18.2 Å². The molecule has 0 spiro atoms. The molecule has 5 nitrogen and oxygen atoms in total. The molecule has 1 amide bonds. The Bertz CT molecular complexity index is 533. The summed E-state index contributed by atoms with van der Waals surface area (Å²) < 4.78 is 21.9. The molecule has 3 N–H and O–H groups in total. The lowest BCUT2D eigenvalue weighted by atomic mass is 10.2. The Labute approximate surface area is 113 Å². The first kappa shape index (κ1) is 14.4. The second-order valence-electron chi connectivity index (χ2n) is 3.25. The molecule has 0 heterocycles. The molecule has 0 aliphatic rings. The van der Waals surface area contributed by atoms with Gasteiger partial charge in [0.15, 0.2) is 0 Å². The summed E-state index contributed by atoms with van der Waals surface area (Å²) in [5.74, 6) is -0.681. The lowest BCUT2D eigenvalue weighted by Crippen LogP contribution is -2.31. The molecule has 8 heteroatoms. The van der Waals surface area contributed by atoms with Gasteiger partial charge in [0.1, 0.15) is 0 Å². The molecule has 0 saturated carbocycles. The average Bonchev–Trinajstić information content (AvgIpc) is 2.20. The minimum Gasteiger partial charge on any atom is -0.351 e. The Balaban J connectivity index is 2.61. The third-order valence-electron chi connectivity index (χ3n) is 1.85. The number of nitrogens with two attached hydrogens (primary N) is 1. The molecule has 0 fully saturated rings. The maximum Gasteiger partial charge on any atom is 0.251 e. The number of hydrogen-bond donors (Lipinski definition) is 2. The van der Waals surface area contributed by atoms with Gasteiger partial charge in [-0.1, -0.05) is 11.6 Å². The Kier molecular flexibility index (Phi) is 4.93. The van der Waals surface area contributed by atoms with Gasteiger partial charge in [-0.2, -0.15) is 0 Å². The molecule has 0 saturated heterocycles. The molecule has 17 heavy (non-hydrogen) atoms. The molecule has 0 atom stereocenters. The van der Waals surface area contributed by atoms with Gasteiger partial charge in [-0.3, -0.25) is 4.79 Å². The molecule has 0 aliphatic carbocycles. The first-order chi connectivity index (χ1) is 7.79. The molecular formula is C9H10BrClN2O3S. The van der Waals surface area contributed by atoms with Crippen molar-refractivity contribution in [2.75, 3.05) is 12.3 Å². The maximum absolute atomic E-state index is 11.6. The van der Waals surface area contributed by atoms with Crippen molar-refractivity contribution >= 4 is 43.5 Å². The quantitative estimate of drug-likeness (QED) is 0.860. The number of halogens is 2. The third-order valence-corrected chi connectivity index (χ3v) is 3.84. The second kappa shape index (κ2) is 5.81. The number of amides is 1. The monoisotopic (exact) mass is 340 g/mol.